The summed E-state index contributed by atoms with van der Waals surface area (Å²) in [6, 6.07) is 9.90. The van der Waals surface area contributed by atoms with Gasteiger partial charge in [-0.3, -0.25) is 9.59 Å². The molecule has 4 atom stereocenters. The van der Waals surface area contributed by atoms with Gasteiger partial charge >= 0.3 is 11.9 Å². The average Bonchev–Trinajstić information content (AvgIpc) is 3.43. The van der Waals surface area contributed by atoms with Crippen molar-refractivity contribution in [3.63, 3.8) is 0 Å². The molecule has 1 aliphatic carbocycles. The van der Waals surface area contributed by atoms with E-state index in [0.717, 1.165) is 24.8 Å². The summed E-state index contributed by atoms with van der Waals surface area (Å²) >= 11 is 0. The topological polar surface area (TPSA) is 89.6 Å². The third-order valence-electron chi connectivity index (χ3n) is 6.13. The number of hydrogen-bond acceptors (Lipinski definition) is 4. The summed E-state index contributed by atoms with van der Waals surface area (Å²) in [4.78, 5) is 23.8. The van der Waals surface area contributed by atoms with E-state index in [1.54, 1.807) is 0 Å². The summed E-state index contributed by atoms with van der Waals surface area (Å²) in [5.41, 5.74) is 5.54. The Balaban J connectivity index is 2.25. The molecule has 5 heteroatoms. The molecule has 28 heavy (non-hydrogen) atoms. The molecule has 0 amide bonds. The van der Waals surface area contributed by atoms with Gasteiger partial charge in [0.2, 0.25) is 0 Å². The Bertz CT molecular complexity index is 633. The summed E-state index contributed by atoms with van der Waals surface area (Å²) in [5, 5.41) is 9.64. The minimum Gasteiger partial charge on any atom is -0.481 e. The van der Waals surface area contributed by atoms with Gasteiger partial charge in [-0.05, 0) is 17.9 Å². The first-order chi connectivity index (χ1) is 13.5. The van der Waals surface area contributed by atoms with Gasteiger partial charge in [0, 0.05) is 12.3 Å². The van der Waals surface area contributed by atoms with Crippen LogP contribution in [0.3, 0.4) is 0 Å². The molecule has 0 heterocycles. The predicted octanol–water partition coefficient (Wildman–Crippen LogP) is 4.50. The molecule has 0 radical (unpaired) electrons. The van der Waals surface area contributed by atoms with Crippen LogP contribution in [-0.2, 0) is 14.3 Å². The number of rotatable bonds is 13. The van der Waals surface area contributed by atoms with Gasteiger partial charge in [0.25, 0.3) is 0 Å². The van der Waals surface area contributed by atoms with Crippen molar-refractivity contribution in [1.82, 2.24) is 0 Å². The van der Waals surface area contributed by atoms with Crippen molar-refractivity contribution in [3.8, 4) is 0 Å². The van der Waals surface area contributed by atoms with Crippen LogP contribution in [0.15, 0.2) is 30.3 Å². The maximum absolute atomic E-state index is 12.0. The number of unbranched alkanes of at least 4 members (excludes halogenated alkanes) is 3. The van der Waals surface area contributed by atoms with E-state index in [4.69, 9.17) is 10.5 Å². The molecule has 4 unspecified atom stereocenters. The Morgan fingerprint density at radius 1 is 1.21 bits per heavy atom. The van der Waals surface area contributed by atoms with Crippen molar-refractivity contribution in [2.75, 3.05) is 6.54 Å². The number of benzene rings is 1. The number of carboxylic acids is 1. The Kier molecular flexibility index (Phi) is 8.49. The van der Waals surface area contributed by atoms with E-state index in [1.165, 1.54) is 25.7 Å². The first-order valence-corrected chi connectivity index (χ1v) is 10.7. The molecule has 0 bridgehead atoms. The van der Waals surface area contributed by atoms with Crippen molar-refractivity contribution in [2.24, 2.45) is 17.6 Å². The van der Waals surface area contributed by atoms with Crippen LogP contribution in [0.2, 0.25) is 0 Å². The zero-order valence-corrected chi connectivity index (χ0v) is 17.2. The van der Waals surface area contributed by atoms with Crippen LogP contribution in [0, 0.1) is 11.8 Å². The SMILES string of the molecule is CCCCCCC(CC)CC(c1ccccc1)C1(OC(=O)CN)CC1C(=O)O. The number of ether oxygens (including phenoxy) is 1. The van der Waals surface area contributed by atoms with Crippen LogP contribution in [0.4, 0.5) is 0 Å². The molecule has 0 aliphatic heterocycles. The number of carbonyl (C=O) groups is 2. The first-order valence-electron chi connectivity index (χ1n) is 10.7. The molecular formula is C23H35NO4. The van der Waals surface area contributed by atoms with Crippen LogP contribution < -0.4 is 5.73 Å². The van der Waals surface area contributed by atoms with Crippen LogP contribution >= 0.6 is 0 Å². The number of aliphatic carboxylic acids is 1. The average molecular weight is 390 g/mol. The molecule has 156 valence electrons. The number of esters is 1. The quantitative estimate of drug-likeness (QED) is 0.383. The Morgan fingerprint density at radius 2 is 1.93 bits per heavy atom. The molecule has 2 rings (SSSR count). The van der Waals surface area contributed by atoms with Crippen LogP contribution in [0.1, 0.15) is 76.7 Å². The summed E-state index contributed by atoms with van der Waals surface area (Å²) in [7, 11) is 0. The van der Waals surface area contributed by atoms with Crippen LogP contribution in [-0.4, -0.2) is 29.2 Å². The lowest BCUT2D eigenvalue weighted by atomic mass is 9.79. The zero-order valence-electron chi connectivity index (χ0n) is 17.2. The molecule has 0 saturated heterocycles. The zero-order chi connectivity index (χ0) is 20.6. The molecule has 0 spiro atoms. The van der Waals surface area contributed by atoms with Gasteiger partial charge in [-0.2, -0.15) is 0 Å². The summed E-state index contributed by atoms with van der Waals surface area (Å²) in [5.74, 6) is -1.74. The molecule has 1 aromatic rings. The van der Waals surface area contributed by atoms with Crippen molar-refractivity contribution < 1.29 is 19.4 Å². The van der Waals surface area contributed by atoms with Crippen LogP contribution in [0.25, 0.3) is 0 Å². The van der Waals surface area contributed by atoms with E-state index in [2.05, 4.69) is 13.8 Å². The largest absolute Gasteiger partial charge is 0.481 e. The predicted molar refractivity (Wildman–Crippen MR) is 110 cm³/mol. The highest BCUT2D eigenvalue weighted by Crippen LogP contribution is 2.58. The highest BCUT2D eigenvalue weighted by atomic mass is 16.6. The fourth-order valence-corrected chi connectivity index (χ4v) is 4.36. The third-order valence-corrected chi connectivity index (χ3v) is 6.13. The lowest BCUT2D eigenvalue weighted by Gasteiger charge is -2.31. The summed E-state index contributed by atoms with van der Waals surface area (Å²) in [6.07, 6.45) is 8.22. The minimum atomic E-state index is -0.972. The van der Waals surface area contributed by atoms with Gasteiger partial charge in [-0.25, -0.2) is 0 Å². The maximum Gasteiger partial charge on any atom is 0.320 e. The molecular weight excluding hydrogens is 354 g/mol. The monoisotopic (exact) mass is 389 g/mol. The van der Waals surface area contributed by atoms with Gasteiger partial charge in [0.05, 0.1) is 6.54 Å². The van der Waals surface area contributed by atoms with Gasteiger partial charge in [-0.1, -0.05) is 82.7 Å². The second kappa shape index (κ2) is 10.6. The van der Waals surface area contributed by atoms with E-state index in [9.17, 15) is 14.7 Å². The third kappa shape index (κ3) is 5.57. The smallest absolute Gasteiger partial charge is 0.320 e. The van der Waals surface area contributed by atoms with E-state index < -0.39 is 23.5 Å². The van der Waals surface area contributed by atoms with E-state index in [1.807, 2.05) is 30.3 Å². The minimum absolute atomic E-state index is 0.124. The van der Waals surface area contributed by atoms with Gasteiger partial charge < -0.3 is 15.6 Å². The molecule has 0 aromatic heterocycles. The molecule has 1 aromatic carbocycles. The highest BCUT2D eigenvalue weighted by Gasteiger charge is 2.66. The Morgan fingerprint density at radius 3 is 2.46 bits per heavy atom. The van der Waals surface area contributed by atoms with E-state index in [0.29, 0.717) is 12.3 Å². The fourth-order valence-electron chi connectivity index (χ4n) is 4.36. The summed E-state index contributed by atoms with van der Waals surface area (Å²) in [6.45, 7) is 4.16. The Hall–Kier alpha value is -1.88. The number of hydrogen-bond donors (Lipinski definition) is 2. The Labute approximate surface area is 168 Å². The van der Waals surface area contributed by atoms with Crippen molar-refractivity contribution in [2.45, 2.75) is 76.7 Å². The van der Waals surface area contributed by atoms with Crippen LogP contribution in [0.5, 0.6) is 0 Å². The normalized spacial score (nSPS) is 23.0. The second-order valence-electron chi connectivity index (χ2n) is 8.05. The maximum atomic E-state index is 12.0. The van der Waals surface area contributed by atoms with Crippen molar-refractivity contribution in [1.29, 1.82) is 0 Å². The molecule has 1 aliphatic rings. The van der Waals surface area contributed by atoms with Gasteiger partial charge in [0.15, 0.2) is 0 Å². The molecule has 5 nitrogen and oxygen atoms in total. The molecule has 1 saturated carbocycles. The summed E-state index contributed by atoms with van der Waals surface area (Å²) < 4.78 is 5.73. The highest BCUT2D eigenvalue weighted by molar-refractivity contribution is 5.79. The van der Waals surface area contributed by atoms with E-state index >= 15 is 0 Å². The number of nitrogens with two attached hydrogens (primary N) is 1. The molecule has 1 fully saturated rings. The van der Waals surface area contributed by atoms with Gasteiger partial charge in [-0.15, -0.1) is 0 Å². The lowest BCUT2D eigenvalue weighted by molar-refractivity contribution is -0.155. The molecule has 3 N–H and O–H groups in total. The van der Waals surface area contributed by atoms with Crippen molar-refractivity contribution >= 4 is 11.9 Å². The second-order valence-corrected chi connectivity index (χ2v) is 8.05. The van der Waals surface area contributed by atoms with Gasteiger partial charge in [0.1, 0.15) is 11.5 Å². The van der Waals surface area contributed by atoms with Crippen molar-refractivity contribution in [3.05, 3.63) is 35.9 Å². The van der Waals surface area contributed by atoms with E-state index in [-0.39, 0.29) is 12.5 Å². The standard InChI is InChI=1S/C23H35NO4/c1-3-5-6-8-11-17(4-2)14-19(18-12-9-7-10-13-18)23(28-21(25)16-24)15-20(23)22(26)27/h7,9-10,12-13,17,19-20H,3-6,8,11,14-16,24H2,1-2H3,(H,26,27). The number of carboxylic acid groups (broad SMARTS) is 1. The fraction of sp³-hybridized carbons (Fsp3) is 0.652. The first kappa shape index (κ1) is 22.4. The lowest BCUT2D eigenvalue weighted by Crippen LogP contribution is -2.35. The number of carbonyl (C=O) groups excluding carboxylic acids is 1.